The Morgan fingerprint density at radius 1 is 1.17 bits per heavy atom. The van der Waals surface area contributed by atoms with Gasteiger partial charge in [-0.15, -0.1) is 6.58 Å². The molecule has 0 fully saturated rings. The Labute approximate surface area is 173 Å². The molecule has 1 aromatic carbocycles. The third-order valence-electron chi connectivity index (χ3n) is 4.31. The molecule has 0 aliphatic carbocycles. The molecule has 3 rings (SSSR count). The van der Waals surface area contributed by atoms with E-state index in [1.165, 1.54) is 0 Å². The van der Waals surface area contributed by atoms with Crippen LogP contribution in [-0.4, -0.2) is 42.5 Å². The number of ketones is 1. The molecule has 8 heteroatoms. The zero-order valence-electron chi connectivity index (χ0n) is 16.5. The molecule has 0 amide bonds. The van der Waals surface area contributed by atoms with Gasteiger partial charge in [0.05, 0.1) is 12.0 Å². The van der Waals surface area contributed by atoms with Gasteiger partial charge in [0, 0.05) is 53.5 Å². The fourth-order valence-corrected chi connectivity index (χ4v) is 2.91. The Morgan fingerprint density at radius 3 is 2.40 bits per heavy atom. The number of aryl methyl sites for hydroxylation is 2. The molecule has 0 spiro atoms. The summed E-state index contributed by atoms with van der Waals surface area (Å²) in [4.78, 5) is 39.0. The lowest BCUT2D eigenvalue weighted by Crippen LogP contribution is -2.02. The number of nitrogens with zero attached hydrogens (tertiary/aromatic N) is 2. The zero-order valence-corrected chi connectivity index (χ0v) is 16.5. The Morgan fingerprint density at radius 2 is 1.83 bits per heavy atom. The molecule has 0 unspecified atom stereocenters. The number of allylic oxidation sites excluding steroid dienone is 1. The summed E-state index contributed by atoms with van der Waals surface area (Å²) in [5.74, 6) is -2.36. The number of aliphatic carboxylic acids is 2. The van der Waals surface area contributed by atoms with Crippen LogP contribution in [0.25, 0.3) is 10.9 Å². The number of fused-ring (bicyclic) bond motifs is 1. The first kappa shape index (κ1) is 22.4. The number of aromatic nitrogens is 3. The number of carboxylic acid groups (broad SMARTS) is 2. The first-order valence-corrected chi connectivity index (χ1v) is 9.18. The maximum absolute atomic E-state index is 12.6. The quantitative estimate of drug-likeness (QED) is 0.297. The summed E-state index contributed by atoms with van der Waals surface area (Å²) in [7, 11) is 0. The molecule has 0 atom stereocenters. The fraction of sp³-hybridized carbons (Fsp3) is 0.182. The van der Waals surface area contributed by atoms with Crippen LogP contribution in [0.4, 0.5) is 0 Å². The molecule has 0 aliphatic rings. The molecule has 30 heavy (non-hydrogen) atoms. The number of imidazole rings is 1. The van der Waals surface area contributed by atoms with Crippen molar-refractivity contribution in [2.75, 3.05) is 0 Å². The second-order valence-corrected chi connectivity index (χ2v) is 6.41. The normalized spacial score (nSPS) is 10.6. The highest BCUT2D eigenvalue weighted by Gasteiger charge is 2.15. The Kier molecular flexibility index (Phi) is 7.87. The third kappa shape index (κ3) is 6.03. The third-order valence-corrected chi connectivity index (χ3v) is 4.31. The van der Waals surface area contributed by atoms with Gasteiger partial charge in [0.1, 0.15) is 0 Å². The van der Waals surface area contributed by atoms with E-state index in [4.69, 9.17) is 10.2 Å². The van der Waals surface area contributed by atoms with Gasteiger partial charge < -0.3 is 19.8 Å². The molecular formula is C22H23N3O5. The number of para-hydroxylation sites is 1. The van der Waals surface area contributed by atoms with Gasteiger partial charge in [0.25, 0.3) is 0 Å². The molecule has 3 aromatic rings. The summed E-state index contributed by atoms with van der Waals surface area (Å²) >= 11 is 0. The first-order chi connectivity index (χ1) is 14.3. The van der Waals surface area contributed by atoms with Crippen molar-refractivity contribution in [2.45, 2.75) is 26.3 Å². The molecule has 8 nitrogen and oxygen atoms in total. The lowest BCUT2D eigenvalue weighted by atomic mass is 10.0. The van der Waals surface area contributed by atoms with E-state index in [2.05, 4.69) is 21.1 Å². The molecule has 0 saturated carbocycles. The molecule has 2 heterocycles. The van der Waals surface area contributed by atoms with E-state index in [1.54, 1.807) is 6.33 Å². The maximum Gasteiger partial charge on any atom is 0.328 e. The van der Waals surface area contributed by atoms with Crippen LogP contribution < -0.4 is 0 Å². The van der Waals surface area contributed by atoms with Crippen molar-refractivity contribution < 1.29 is 24.6 Å². The highest BCUT2D eigenvalue weighted by molar-refractivity contribution is 6.08. The average molecular weight is 409 g/mol. The van der Waals surface area contributed by atoms with Crippen molar-refractivity contribution in [2.24, 2.45) is 0 Å². The van der Waals surface area contributed by atoms with Crippen LogP contribution in [0.15, 0.2) is 61.6 Å². The summed E-state index contributed by atoms with van der Waals surface area (Å²) in [6.07, 6.45) is 7.69. The number of rotatable bonds is 8. The van der Waals surface area contributed by atoms with Crippen LogP contribution in [0, 0.1) is 6.92 Å². The Balaban J connectivity index is 0.000000343. The van der Waals surface area contributed by atoms with E-state index < -0.39 is 11.9 Å². The molecule has 3 N–H and O–H groups in total. The van der Waals surface area contributed by atoms with Crippen molar-refractivity contribution in [3.8, 4) is 0 Å². The monoisotopic (exact) mass is 409 g/mol. The van der Waals surface area contributed by atoms with Crippen LogP contribution in [0.3, 0.4) is 0 Å². The zero-order chi connectivity index (χ0) is 22.1. The van der Waals surface area contributed by atoms with Gasteiger partial charge in [-0.05, 0) is 19.4 Å². The minimum absolute atomic E-state index is 0.154. The van der Waals surface area contributed by atoms with Gasteiger partial charge in [-0.25, -0.2) is 14.6 Å². The summed E-state index contributed by atoms with van der Waals surface area (Å²) < 4.78 is 2.06. The number of Topliss-reactive ketones (excluding diaryl/α,β-unsaturated/α-hetero) is 1. The van der Waals surface area contributed by atoms with Crippen molar-refractivity contribution in [1.29, 1.82) is 0 Å². The molecule has 156 valence electrons. The number of carbonyl (C=O) groups excluding carboxylic acids is 1. The maximum atomic E-state index is 12.6. The predicted molar refractivity (Wildman–Crippen MR) is 113 cm³/mol. The number of H-pyrrole nitrogens is 1. The average Bonchev–Trinajstić information content (AvgIpc) is 3.29. The first-order valence-electron chi connectivity index (χ1n) is 9.18. The minimum Gasteiger partial charge on any atom is -0.478 e. The highest BCUT2D eigenvalue weighted by Crippen LogP contribution is 2.23. The minimum atomic E-state index is -1.26. The molecule has 0 bridgehead atoms. The molecule has 0 saturated heterocycles. The van der Waals surface area contributed by atoms with E-state index >= 15 is 0 Å². The Hall–Kier alpha value is -3.94. The van der Waals surface area contributed by atoms with Crippen LogP contribution in [0.2, 0.25) is 0 Å². The van der Waals surface area contributed by atoms with Crippen LogP contribution in [0.1, 0.15) is 28.2 Å². The molecule has 2 aromatic heterocycles. The van der Waals surface area contributed by atoms with Crippen molar-refractivity contribution in [3.05, 3.63) is 78.5 Å². The number of hydrogen-bond donors (Lipinski definition) is 3. The smallest absolute Gasteiger partial charge is 0.328 e. The second kappa shape index (κ2) is 10.6. The number of carbonyl (C=O) groups is 3. The van der Waals surface area contributed by atoms with Crippen molar-refractivity contribution in [1.82, 2.24) is 14.5 Å². The largest absolute Gasteiger partial charge is 0.478 e. The van der Waals surface area contributed by atoms with Gasteiger partial charge in [-0.2, -0.15) is 0 Å². The number of aromatic amines is 1. The molecular weight excluding hydrogens is 386 g/mol. The van der Waals surface area contributed by atoms with Gasteiger partial charge >= 0.3 is 11.9 Å². The fourth-order valence-electron chi connectivity index (χ4n) is 2.91. The van der Waals surface area contributed by atoms with Crippen LogP contribution >= 0.6 is 0 Å². The number of carboxylic acids is 2. The van der Waals surface area contributed by atoms with Crippen LogP contribution in [-0.2, 0) is 22.6 Å². The van der Waals surface area contributed by atoms with Gasteiger partial charge in [0.15, 0.2) is 5.78 Å². The number of nitrogens with one attached hydrogen (secondary N) is 1. The van der Waals surface area contributed by atoms with E-state index in [9.17, 15) is 14.4 Å². The topological polar surface area (TPSA) is 125 Å². The van der Waals surface area contributed by atoms with E-state index in [0.717, 1.165) is 27.9 Å². The van der Waals surface area contributed by atoms with Crippen molar-refractivity contribution >= 4 is 28.6 Å². The van der Waals surface area contributed by atoms with E-state index in [-0.39, 0.29) is 5.78 Å². The van der Waals surface area contributed by atoms with E-state index in [0.29, 0.717) is 31.5 Å². The highest BCUT2D eigenvalue weighted by atomic mass is 16.4. The van der Waals surface area contributed by atoms with Gasteiger partial charge in [-0.3, -0.25) is 4.79 Å². The molecule has 0 radical (unpaired) electrons. The predicted octanol–water partition coefficient (Wildman–Crippen LogP) is 3.39. The standard InChI is InChI=1S/C18H19N3O.C4H4O4/c1-3-10-21-11-15(14-6-4-5-7-17(14)21)18(22)9-8-16-13(2)19-12-20-16;5-3(6)1-2-4(7)8/h3-7,11-12H,1,8-10H2,2H3,(H,19,20);1-2H,(H,5,6)(H,7,8)/b;2-1-. The van der Waals surface area contributed by atoms with E-state index in [1.807, 2.05) is 43.5 Å². The van der Waals surface area contributed by atoms with Crippen LogP contribution in [0.5, 0.6) is 0 Å². The summed E-state index contributed by atoms with van der Waals surface area (Å²) in [6.45, 7) is 6.45. The lowest BCUT2D eigenvalue weighted by molar-refractivity contribution is -0.134. The summed E-state index contributed by atoms with van der Waals surface area (Å²) in [5.41, 5.74) is 3.84. The summed E-state index contributed by atoms with van der Waals surface area (Å²) in [6, 6.07) is 7.99. The van der Waals surface area contributed by atoms with Gasteiger partial charge in [0.2, 0.25) is 0 Å². The second-order valence-electron chi connectivity index (χ2n) is 6.41. The SMILES string of the molecule is C=CCn1cc(C(=O)CCc2nc[nH]c2C)c2ccccc21.O=C(O)/C=C\C(=O)O. The number of benzene rings is 1. The summed E-state index contributed by atoms with van der Waals surface area (Å²) in [5, 5.41) is 16.6. The molecule has 0 aliphatic heterocycles. The Bertz CT molecular complexity index is 1080. The van der Waals surface area contributed by atoms with Crippen molar-refractivity contribution in [3.63, 3.8) is 0 Å². The number of hydrogen-bond acceptors (Lipinski definition) is 4. The van der Waals surface area contributed by atoms with Gasteiger partial charge in [-0.1, -0.05) is 24.3 Å². The lowest BCUT2D eigenvalue weighted by Gasteiger charge is -1.99.